The molecule has 0 heterocycles. The normalized spacial score (nSPS) is 9.74. The summed E-state index contributed by atoms with van der Waals surface area (Å²) in [5.41, 5.74) is 1.36. The summed E-state index contributed by atoms with van der Waals surface area (Å²) in [5, 5.41) is 12.2. The third-order valence-electron chi connectivity index (χ3n) is 2.47. The molecule has 2 aromatic rings. The quantitative estimate of drug-likeness (QED) is 0.796. The number of hydrogen-bond donors (Lipinski definition) is 1. The minimum Gasteiger partial charge on any atom is -0.321 e. The molecule has 0 atom stereocenters. The highest BCUT2D eigenvalue weighted by Gasteiger charge is 2.12. The van der Waals surface area contributed by atoms with Crippen LogP contribution < -0.4 is 5.32 Å². The van der Waals surface area contributed by atoms with Gasteiger partial charge < -0.3 is 5.32 Å². The smallest absolute Gasteiger partial charge is 0.256 e. The molecule has 19 heavy (non-hydrogen) atoms. The van der Waals surface area contributed by atoms with Gasteiger partial charge in [0.05, 0.1) is 16.8 Å². The minimum absolute atomic E-state index is 0.260. The number of carbonyl (C=O) groups excluding carboxylic acids is 1. The lowest BCUT2D eigenvalue weighted by atomic mass is 10.1. The largest absolute Gasteiger partial charge is 0.321 e. The lowest BCUT2D eigenvalue weighted by Gasteiger charge is -2.08. The van der Waals surface area contributed by atoms with Gasteiger partial charge in [-0.25, -0.2) is 0 Å². The fourth-order valence-electron chi connectivity index (χ4n) is 1.55. The monoisotopic (exact) mass is 382 g/mol. The number of nitrogens with one attached hydrogen (secondary N) is 1. The number of benzene rings is 2. The first kappa shape index (κ1) is 13.8. The van der Waals surface area contributed by atoms with Crippen molar-refractivity contribution in [1.29, 1.82) is 5.26 Å². The second-order valence-corrected chi connectivity index (χ2v) is 5.33. The van der Waals surface area contributed by atoms with Crippen molar-refractivity contribution in [3.8, 4) is 6.07 Å². The Morgan fingerprint density at radius 1 is 1.26 bits per heavy atom. The number of amides is 1. The predicted molar refractivity (Wildman–Crippen MR) is 83.3 cm³/mol. The van der Waals surface area contributed by atoms with E-state index in [1.54, 1.807) is 30.3 Å². The van der Waals surface area contributed by atoms with E-state index in [9.17, 15) is 4.79 Å². The summed E-state index contributed by atoms with van der Waals surface area (Å²) in [7, 11) is 0. The van der Waals surface area contributed by atoms with Gasteiger partial charge in [0.25, 0.3) is 5.91 Å². The van der Waals surface area contributed by atoms with E-state index >= 15 is 0 Å². The molecule has 0 aromatic heterocycles. The van der Waals surface area contributed by atoms with Gasteiger partial charge in [0.1, 0.15) is 6.07 Å². The topological polar surface area (TPSA) is 52.9 Å². The van der Waals surface area contributed by atoms with Gasteiger partial charge in [-0.05, 0) is 52.9 Å². The van der Waals surface area contributed by atoms with Crippen molar-refractivity contribution in [2.24, 2.45) is 0 Å². The molecule has 2 rings (SSSR count). The zero-order valence-electron chi connectivity index (χ0n) is 9.65. The van der Waals surface area contributed by atoms with Gasteiger partial charge in [0, 0.05) is 8.59 Å². The second-order valence-electron chi connectivity index (χ2n) is 3.74. The molecule has 0 unspecified atom stereocenters. The number of rotatable bonds is 2. The van der Waals surface area contributed by atoms with Crippen LogP contribution >= 0.6 is 34.2 Å². The van der Waals surface area contributed by atoms with E-state index in [4.69, 9.17) is 16.9 Å². The molecule has 0 aliphatic rings. The molecule has 94 valence electrons. The first-order valence-corrected chi connectivity index (χ1v) is 6.83. The Bertz CT molecular complexity index is 679. The van der Waals surface area contributed by atoms with Crippen LogP contribution in [0.3, 0.4) is 0 Å². The fraction of sp³-hybridized carbons (Fsp3) is 0. The average Bonchev–Trinajstić information content (AvgIpc) is 2.39. The first-order chi connectivity index (χ1) is 9.11. The van der Waals surface area contributed by atoms with Gasteiger partial charge in [-0.15, -0.1) is 0 Å². The van der Waals surface area contributed by atoms with Crippen molar-refractivity contribution in [2.45, 2.75) is 0 Å². The summed E-state index contributed by atoms with van der Waals surface area (Å²) in [6.07, 6.45) is 0. The molecule has 0 aliphatic heterocycles. The highest BCUT2D eigenvalue weighted by molar-refractivity contribution is 14.1. The zero-order chi connectivity index (χ0) is 13.8. The van der Waals surface area contributed by atoms with E-state index in [0.29, 0.717) is 21.8 Å². The summed E-state index contributed by atoms with van der Waals surface area (Å²) in [5.74, 6) is -0.260. The number of halogens is 2. The van der Waals surface area contributed by atoms with Gasteiger partial charge in [0.2, 0.25) is 0 Å². The van der Waals surface area contributed by atoms with Gasteiger partial charge in [-0.3, -0.25) is 4.79 Å². The molecule has 0 aliphatic carbocycles. The van der Waals surface area contributed by atoms with Crippen LogP contribution in [0, 0.1) is 14.9 Å². The van der Waals surface area contributed by atoms with Crippen molar-refractivity contribution in [3.05, 3.63) is 62.2 Å². The van der Waals surface area contributed by atoms with Gasteiger partial charge >= 0.3 is 0 Å². The van der Waals surface area contributed by atoms with Gasteiger partial charge in [0.15, 0.2) is 0 Å². The lowest BCUT2D eigenvalue weighted by Crippen LogP contribution is -2.14. The summed E-state index contributed by atoms with van der Waals surface area (Å²) >= 11 is 7.96. The number of nitriles is 1. The molecule has 3 nitrogen and oxygen atoms in total. The SMILES string of the molecule is N#Cc1ccc(Cl)cc1NC(=O)c1ccccc1I. The molecular formula is C14H8ClIN2O. The fourth-order valence-corrected chi connectivity index (χ4v) is 2.36. The van der Waals surface area contributed by atoms with Crippen molar-refractivity contribution >= 4 is 45.8 Å². The van der Waals surface area contributed by atoms with Crippen LogP contribution in [-0.2, 0) is 0 Å². The Balaban J connectivity index is 2.32. The Hall–Kier alpha value is -1.58. The molecule has 2 aromatic carbocycles. The van der Waals surface area contributed by atoms with Gasteiger partial charge in [-0.2, -0.15) is 5.26 Å². The summed E-state index contributed by atoms with van der Waals surface area (Å²) < 4.78 is 0.845. The van der Waals surface area contributed by atoms with Crippen LogP contribution in [0.2, 0.25) is 5.02 Å². The Morgan fingerprint density at radius 2 is 2.00 bits per heavy atom. The first-order valence-electron chi connectivity index (χ1n) is 5.37. The van der Waals surface area contributed by atoms with E-state index < -0.39 is 0 Å². The van der Waals surface area contributed by atoms with Crippen LogP contribution in [0.1, 0.15) is 15.9 Å². The molecule has 0 spiro atoms. The van der Waals surface area contributed by atoms with Crippen molar-refractivity contribution in [2.75, 3.05) is 5.32 Å². The van der Waals surface area contributed by atoms with E-state index in [0.717, 1.165) is 3.57 Å². The van der Waals surface area contributed by atoms with E-state index in [-0.39, 0.29) is 5.91 Å². The average molecular weight is 383 g/mol. The highest BCUT2D eigenvalue weighted by atomic mass is 127. The molecular weight excluding hydrogens is 375 g/mol. The maximum absolute atomic E-state index is 12.1. The van der Waals surface area contributed by atoms with E-state index in [2.05, 4.69) is 27.9 Å². The summed E-state index contributed by atoms with van der Waals surface area (Å²) in [4.78, 5) is 12.1. The molecule has 0 fully saturated rings. The maximum Gasteiger partial charge on any atom is 0.256 e. The van der Waals surface area contributed by atoms with E-state index in [1.165, 1.54) is 0 Å². The Kier molecular flexibility index (Phi) is 4.40. The maximum atomic E-state index is 12.1. The second kappa shape index (κ2) is 6.04. The molecule has 0 radical (unpaired) electrons. The number of hydrogen-bond acceptors (Lipinski definition) is 2. The minimum atomic E-state index is -0.260. The number of nitrogens with zero attached hydrogens (tertiary/aromatic N) is 1. The highest BCUT2D eigenvalue weighted by Crippen LogP contribution is 2.22. The van der Waals surface area contributed by atoms with Crippen LogP contribution in [0.25, 0.3) is 0 Å². The van der Waals surface area contributed by atoms with E-state index in [1.807, 2.05) is 18.2 Å². The molecule has 0 saturated carbocycles. The van der Waals surface area contributed by atoms with Crippen molar-refractivity contribution < 1.29 is 4.79 Å². The van der Waals surface area contributed by atoms with Crippen LogP contribution in [0.5, 0.6) is 0 Å². The zero-order valence-corrected chi connectivity index (χ0v) is 12.6. The van der Waals surface area contributed by atoms with Crippen LogP contribution in [0.4, 0.5) is 5.69 Å². The summed E-state index contributed by atoms with van der Waals surface area (Å²) in [6.45, 7) is 0. The molecule has 0 saturated heterocycles. The number of anilines is 1. The Morgan fingerprint density at radius 3 is 2.68 bits per heavy atom. The van der Waals surface area contributed by atoms with Crippen molar-refractivity contribution in [3.63, 3.8) is 0 Å². The standard InChI is InChI=1S/C14H8ClIN2O/c15-10-6-5-9(8-17)13(7-10)18-14(19)11-3-1-2-4-12(11)16/h1-7H,(H,18,19). The Labute approximate surface area is 129 Å². The molecule has 1 N–H and O–H groups in total. The molecule has 0 bridgehead atoms. The third kappa shape index (κ3) is 3.25. The molecule has 5 heteroatoms. The van der Waals surface area contributed by atoms with Crippen LogP contribution in [-0.4, -0.2) is 5.91 Å². The predicted octanol–water partition coefficient (Wildman–Crippen LogP) is 4.07. The van der Waals surface area contributed by atoms with Crippen LogP contribution in [0.15, 0.2) is 42.5 Å². The molecule has 1 amide bonds. The summed E-state index contributed by atoms with van der Waals surface area (Å²) in [6, 6.07) is 14.0. The number of carbonyl (C=O) groups is 1. The third-order valence-corrected chi connectivity index (χ3v) is 3.64. The van der Waals surface area contributed by atoms with Crippen molar-refractivity contribution in [1.82, 2.24) is 0 Å². The van der Waals surface area contributed by atoms with Gasteiger partial charge in [-0.1, -0.05) is 23.7 Å². The lowest BCUT2D eigenvalue weighted by molar-refractivity contribution is 0.102.